The number of nitrogens with one attached hydrogen (secondary N) is 1. The lowest BCUT2D eigenvalue weighted by molar-refractivity contribution is 0.0403. The first-order chi connectivity index (χ1) is 9.44. The molecule has 2 rings (SSSR count). The van der Waals surface area contributed by atoms with Crippen molar-refractivity contribution in [2.75, 3.05) is 20.3 Å². The molecular formula is C15H27N3OS. The second kappa shape index (κ2) is 6.98. The van der Waals surface area contributed by atoms with Crippen molar-refractivity contribution in [2.24, 2.45) is 0 Å². The van der Waals surface area contributed by atoms with Gasteiger partial charge in [-0.25, -0.2) is 4.98 Å². The van der Waals surface area contributed by atoms with Gasteiger partial charge < -0.3 is 10.1 Å². The van der Waals surface area contributed by atoms with Gasteiger partial charge in [-0.3, -0.25) is 4.90 Å². The van der Waals surface area contributed by atoms with Gasteiger partial charge in [0.2, 0.25) is 0 Å². The van der Waals surface area contributed by atoms with Crippen LogP contribution in [0.1, 0.15) is 44.3 Å². The van der Waals surface area contributed by atoms with Crippen molar-refractivity contribution in [3.05, 3.63) is 16.1 Å². The van der Waals surface area contributed by atoms with E-state index in [1.165, 1.54) is 10.7 Å². The zero-order valence-corrected chi connectivity index (χ0v) is 13.9. The SMILES string of the molecule is CN(Cc1csc(CNC(C)(C)C)n1)C1CCOCC1. The molecule has 0 unspecified atom stereocenters. The third kappa shape index (κ3) is 5.13. The minimum atomic E-state index is 0.144. The molecule has 4 nitrogen and oxygen atoms in total. The maximum absolute atomic E-state index is 5.42. The minimum absolute atomic E-state index is 0.144. The molecule has 1 saturated heterocycles. The summed E-state index contributed by atoms with van der Waals surface area (Å²) < 4.78 is 5.42. The fourth-order valence-corrected chi connectivity index (χ4v) is 3.08. The fourth-order valence-electron chi connectivity index (χ4n) is 2.35. The van der Waals surface area contributed by atoms with Gasteiger partial charge >= 0.3 is 0 Å². The third-order valence-corrected chi connectivity index (χ3v) is 4.49. The largest absolute Gasteiger partial charge is 0.381 e. The second-order valence-corrected chi connectivity index (χ2v) is 7.54. The third-order valence-electron chi connectivity index (χ3n) is 3.59. The molecule has 0 saturated carbocycles. The van der Waals surface area contributed by atoms with Gasteiger partial charge in [0.15, 0.2) is 0 Å². The van der Waals surface area contributed by atoms with Crippen molar-refractivity contribution in [3.63, 3.8) is 0 Å². The van der Waals surface area contributed by atoms with Gasteiger partial charge in [-0.15, -0.1) is 11.3 Å². The summed E-state index contributed by atoms with van der Waals surface area (Å²) in [6.45, 7) is 10.1. The smallest absolute Gasteiger partial charge is 0.107 e. The Morgan fingerprint density at radius 3 is 2.75 bits per heavy atom. The number of thiazole rings is 1. The van der Waals surface area contributed by atoms with Gasteiger partial charge in [0.1, 0.15) is 5.01 Å². The van der Waals surface area contributed by atoms with E-state index >= 15 is 0 Å². The van der Waals surface area contributed by atoms with E-state index in [-0.39, 0.29) is 5.54 Å². The van der Waals surface area contributed by atoms with Crippen LogP contribution in [0.2, 0.25) is 0 Å². The van der Waals surface area contributed by atoms with Gasteiger partial charge in [0.25, 0.3) is 0 Å². The highest BCUT2D eigenvalue weighted by Crippen LogP contribution is 2.17. The summed E-state index contributed by atoms with van der Waals surface area (Å²) in [5.74, 6) is 0. The predicted octanol–water partition coefficient (Wildman–Crippen LogP) is 2.64. The number of hydrogen-bond acceptors (Lipinski definition) is 5. The lowest BCUT2D eigenvalue weighted by Gasteiger charge is -2.30. The van der Waals surface area contributed by atoms with E-state index in [1.807, 2.05) is 0 Å². The highest BCUT2D eigenvalue weighted by Gasteiger charge is 2.19. The molecule has 1 fully saturated rings. The van der Waals surface area contributed by atoms with E-state index < -0.39 is 0 Å². The summed E-state index contributed by atoms with van der Waals surface area (Å²) in [6, 6.07) is 0.640. The molecule has 1 aromatic rings. The zero-order valence-electron chi connectivity index (χ0n) is 13.1. The first kappa shape index (κ1) is 15.9. The Kier molecular flexibility index (Phi) is 5.55. The number of ether oxygens (including phenoxy) is 1. The molecular weight excluding hydrogens is 270 g/mol. The van der Waals surface area contributed by atoms with Crippen LogP contribution in [0, 0.1) is 0 Å². The van der Waals surface area contributed by atoms with Crippen molar-refractivity contribution in [1.82, 2.24) is 15.2 Å². The molecule has 0 atom stereocenters. The topological polar surface area (TPSA) is 37.4 Å². The van der Waals surface area contributed by atoms with Crippen LogP contribution in [0.25, 0.3) is 0 Å². The maximum atomic E-state index is 5.42. The van der Waals surface area contributed by atoms with Gasteiger partial charge in [-0.1, -0.05) is 0 Å². The Balaban J connectivity index is 1.82. The summed E-state index contributed by atoms with van der Waals surface area (Å²) in [5.41, 5.74) is 1.33. The number of aromatic nitrogens is 1. The van der Waals surface area contributed by atoms with Crippen LogP contribution in [0.4, 0.5) is 0 Å². The molecule has 0 spiro atoms. The molecule has 0 aliphatic carbocycles. The number of hydrogen-bond donors (Lipinski definition) is 1. The summed E-state index contributed by atoms with van der Waals surface area (Å²) in [4.78, 5) is 7.15. The first-order valence-electron chi connectivity index (χ1n) is 7.40. The van der Waals surface area contributed by atoms with Gasteiger partial charge in [0, 0.05) is 43.3 Å². The average molecular weight is 297 g/mol. The number of nitrogens with zero attached hydrogens (tertiary/aromatic N) is 2. The van der Waals surface area contributed by atoms with Gasteiger partial charge in [-0.05, 0) is 40.7 Å². The van der Waals surface area contributed by atoms with Crippen molar-refractivity contribution in [3.8, 4) is 0 Å². The first-order valence-corrected chi connectivity index (χ1v) is 8.28. The summed E-state index contributed by atoms with van der Waals surface area (Å²) in [7, 11) is 2.20. The maximum Gasteiger partial charge on any atom is 0.107 e. The minimum Gasteiger partial charge on any atom is -0.381 e. The van der Waals surface area contributed by atoms with E-state index in [9.17, 15) is 0 Å². The summed E-state index contributed by atoms with van der Waals surface area (Å²) in [5, 5.41) is 6.85. The number of rotatable bonds is 5. The second-order valence-electron chi connectivity index (χ2n) is 6.59. The molecule has 0 aromatic carbocycles. The summed E-state index contributed by atoms with van der Waals surface area (Å²) >= 11 is 1.75. The standard InChI is InChI=1S/C15H27N3OS/c1-15(2,3)16-9-14-17-12(11-20-14)10-18(4)13-5-7-19-8-6-13/h11,13,16H,5-10H2,1-4H3. The van der Waals surface area contributed by atoms with E-state index in [4.69, 9.17) is 9.72 Å². The predicted molar refractivity (Wildman–Crippen MR) is 84.0 cm³/mol. The molecule has 1 N–H and O–H groups in total. The van der Waals surface area contributed by atoms with E-state index in [1.54, 1.807) is 11.3 Å². The van der Waals surface area contributed by atoms with Crippen LogP contribution < -0.4 is 5.32 Å². The Hall–Kier alpha value is -0.490. The highest BCUT2D eigenvalue weighted by atomic mass is 32.1. The van der Waals surface area contributed by atoms with Crippen molar-refractivity contribution in [1.29, 1.82) is 0 Å². The fraction of sp³-hybridized carbons (Fsp3) is 0.800. The molecule has 114 valence electrons. The van der Waals surface area contributed by atoms with E-state index in [0.717, 1.165) is 39.1 Å². The van der Waals surface area contributed by atoms with Crippen LogP contribution in [0.5, 0.6) is 0 Å². The van der Waals surface area contributed by atoms with Gasteiger partial charge in [-0.2, -0.15) is 0 Å². The molecule has 1 aromatic heterocycles. The van der Waals surface area contributed by atoms with Crippen molar-refractivity contribution in [2.45, 2.75) is 58.3 Å². The van der Waals surface area contributed by atoms with Crippen molar-refractivity contribution < 1.29 is 4.74 Å². The molecule has 1 aliphatic rings. The van der Waals surface area contributed by atoms with E-state index in [2.05, 4.69) is 43.4 Å². The molecule has 5 heteroatoms. The van der Waals surface area contributed by atoms with Crippen LogP contribution >= 0.6 is 11.3 Å². The monoisotopic (exact) mass is 297 g/mol. The zero-order chi connectivity index (χ0) is 14.6. The van der Waals surface area contributed by atoms with Crippen molar-refractivity contribution >= 4 is 11.3 Å². The molecule has 1 aliphatic heterocycles. The molecule has 0 bridgehead atoms. The normalized spacial score (nSPS) is 17.9. The lowest BCUT2D eigenvalue weighted by Crippen LogP contribution is -2.36. The Bertz CT molecular complexity index is 407. The molecule has 20 heavy (non-hydrogen) atoms. The van der Waals surface area contributed by atoms with Gasteiger partial charge in [0.05, 0.1) is 5.69 Å². The Morgan fingerprint density at radius 2 is 2.10 bits per heavy atom. The van der Waals surface area contributed by atoms with Crippen LogP contribution in [-0.2, 0) is 17.8 Å². The Morgan fingerprint density at radius 1 is 1.40 bits per heavy atom. The Labute approximate surface area is 126 Å². The van der Waals surface area contributed by atoms with Crippen LogP contribution in [0.3, 0.4) is 0 Å². The molecule has 0 radical (unpaired) electrons. The van der Waals surface area contributed by atoms with Crippen LogP contribution in [-0.4, -0.2) is 41.7 Å². The molecule has 2 heterocycles. The lowest BCUT2D eigenvalue weighted by atomic mass is 10.1. The molecule has 0 amide bonds. The van der Waals surface area contributed by atoms with E-state index in [0.29, 0.717) is 6.04 Å². The average Bonchev–Trinajstić information content (AvgIpc) is 2.84. The highest BCUT2D eigenvalue weighted by molar-refractivity contribution is 7.09. The summed E-state index contributed by atoms with van der Waals surface area (Å²) in [6.07, 6.45) is 2.28. The quantitative estimate of drug-likeness (QED) is 0.906. The van der Waals surface area contributed by atoms with Crippen LogP contribution in [0.15, 0.2) is 5.38 Å².